The van der Waals surface area contributed by atoms with Crippen LogP contribution in [0.25, 0.3) is 0 Å². The fourth-order valence-corrected chi connectivity index (χ4v) is 0.976. The first-order valence-electron chi connectivity index (χ1n) is 3.58. The molecule has 1 aliphatic rings. The second-order valence-electron chi connectivity index (χ2n) is 2.44. The summed E-state index contributed by atoms with van der Waals surface area (Å²) in [7, 11) is 0. The molecule has 3 heteroatoms. The molecule has 0 aromatic rings. The highest BCUT2D eigenvalue weighted by atomic mass is 16.2. The van der Waals surface area contributed by atoms with Gasteiger partial charge in [0.05, 0.1) is 0 Å². The zero-order valence-corrected chi connectivity index (χ0v) is 6.42. The van der Waals surface area contributed by atoms with Gasteiger partial charge in [-0.1, -0.05) is 0 Å². The molecule has 3 nitrogen and oxygen atoms in total. The normalized spacial score (nSPS) is 19.2. The van der Waals surface area contributed by atoms with Crippen molar-refractivity contribution in [2.75, 3.05) is 6.54 Å². The minimum atomic E-state index is 0.146. The summed E-state index contributed by atoms with van der Waals surface area (Å²) in [5.74, 6) is 0.146. The van der Waals surface area contributed by atoms with E-state index in [1.165, 1.54) is 5.01 Å². The van der Waals surface area contributed by atoms with Gasteiger partial charge in [-0.3, -0.25) is 4.79 Å². The maximum atomic E-state index is 11.0. The summed E-state index contributed by atoms with van der Waals surface area (Å²) in [6, 6.07) is 0. The van der Waals surface area contributed by atoms with Gasteiger partial charge < -0.3 is 0 Å². The predicted octanol–water partition coefficient (Wildman–Crippen LogP) is 1.00. The topological polar surface area (TPSA) is 32.7 Å². The van der Waals surface area contributed by atoms with Gasteiger partial charge in [-0.25, -0.2) is 5.01 Å². The molecule has 0 aliphatic carbocycles. The third-order valence-corrected chi connectivity index (χ3v) is 1.58. The maximum Gasteiger partial charge on any atom is 0.243 e. The van der Waals surface area contributed by atoms with Crippen LogP contribution >= 0.6 is 0 Å². The first-order chi connectivity index (χ1) is 4.74. The number of hydrogen-bond acceptors (Lipinski definition) is 2. The maximum absolute atomic E-state index is 11.0. The average Bonchev–Trinajstić information content (AvgIpc) is 1.94. The fraction of sp³-hybridized carbons (Fsp3) is 0.714. The van der Waals surface area contributed by atoms with Crippen LogP contribution in [0, 0.1) is 0 Å². The number of nitrogens with zero attached hydrogens (tertiary/aromatic N) is 2. The Hall–Kier alpha value is -0.860. The lowest BCUT2D eigenvalue weighted by molar-refractivity contribution is -0.131. The lowest BCUT2D eigenvalue weighted by Gasteiger charge is -2.20. The van der Waals surface area contributed by atoms with Gasteiger partial charge in [0.15, 0.2) is 0 Å². The predicted molar refractivity (Wildman–Crippen MR) is 39.7 cm³/mol. The number of carbonyl (C=O) groups is 1. The van der Waals surface area contributed by atoms with E-state index in [1.807, 2.05) is 13.8 Å². The molecule has 0 saturated carbocycles. The van der Waals surface area contributed by atoms with Gasteiger partial charge in [-0.05, 0) is 20.3 Å². The summed E-state index contributed by atoms with van der Waals surface area (Å²) in [6.07, 6.45) is 1.46. The van der Waals surface area contributed by atoms with Crippen LogP contribution in [0.15, 0.2) is 5.10 Å². The molecule has 0 fully saturated rings. The molecular formula is C7H12N2O. The van der Waals surface area contributed by atoms with E-state index in [0.717, 1.165) is 12.1 Å². The third-order valence-electron chi connectivity index (χ3n) is 1.58. The minimum absolute atomic E-state index is 0.146. The number of hydrogen-bond donors (Lipinski definition) is 0. The van der Waals surface area contributed by atoms with E-state index in [-0.39, 0.29) is 5.91 Å². The van der Waals surface area contributed by atoms with Gasteiger partial charge >= 0.3 is 0 Å². The van der Waals surface area contributed by atoms with Crippen molar-refractivity contribution in [1.29, 1.82) is 0 Å². The number of carbonyl (C=O) groups excluding carboxylic acids is 1. The smallest absolute Gasteiger partial charge is 0.243 e. The molecule has 10 heavy (non-hydrogen) atoms. The van der Waals surface area contributed by atoms with Crippen molar-refractivity contribution in [3.05, 3.63) is 0 Å². The number of rotatable bonds is 1. The van der Waals surface area contributed by atoms with Crippen molar-refractivity contribution >= 4 is 11.6 Å². The van der Waals surface area contributed by atoms with E-state index >= 15 is 0 Å². The Morgan fingerprint density at radius 3 is 2.80 bits per heavy atom. The Bertz CT molecular complexity index is 174. The Balaban J connectivity index is 2.68. The molecule has 0 unspecified atom stereocenters. The summed E-state index contributed by atoms with van der Waals surface area (Å²) in [6.45, 7) is 4.57. The van der Waals surface area contributed by atoms with Crippen LogP contribution in [0.1, 0.15) is 26.7 Å². The van der Waals surface area contributed by atoms with Crippen LogP contribution in [-0.4, -0.2) is 23.2 Å². The van der Waals surface area contributed by atoms with E-state index < -0.39 is 0 Å². The largest absolute Gasteiger partial charge is 0.273 e. The minimum Gasteiger partial charge on any atom is -0.273 e. The van der Waals surface area contributed by atoms with Crippen molar-refractivity contribution < 1.29 is 4.79 Å². The molecule has 1 aliphatic heterocycles. The van der Waals surface area contributed by atoms with Crippen LogP contribution in [0.5, 0.6) is 0 Å². The SMILES string of the molecule is CCN1N=C(C)CCC1=O. The van der Waals surface area contributed by atoms with E-state index in [2.05, 4.69) is 5.10 Å². The zero-order valence-electron chi connectivity index (χ0n) is 6.42. The summed E-state index contributed by atoms with van der Waals surface area (Å²) in [4.78, 5) is 11.0. The quantitative estimate of drug-likeness (QED) is 0.535. The van der Waals surface area contributed by atoms with Gasteiger partial charge in [0.2, 0.25) is 5.91 Å². The highest BCUT2D eigenvalue weighted by Gasteiger charge is 2.15. The molecule has 1 heterocycles. The highest BCUT2D eigenvalue weighted by Crippen LogP contribution is 2.07. The van der Waals surface area contributed by atoms with Gasteiger partial charge in [0.25, 0.3) is 0 Å². The second-order valence-corrected chi connectivity index (χ2v) is 2.44. The molecule has 0 spiro atoms. The van der Waals surface area contributed by atoms with Crippen molar-refractivity contribution in [2.24, 2.45) is 5.10 Å². The van der Waals surface area contributed by atoms with Gasteiger partial charge in [0, 0.05) is 18.7 Å². The Morgan fingerprint density at radius 1 is 1.60 bits per heavy atom. The summed E-state index contributed by atoms with van der Waals surface area (Å²) < 4.78 is 0. The van der Waals surface area contributed by atoms with Crippen molar-refractivity contribution in [2.45, 2.75) is 26.7 Å². The van der Waals surface area contributed by atoms with Crippen LogP contribution < -0.4 is 0 Å². The molecule has 0 aromatic heterocycles. The molecule has 1 rings (SSSR count). The Labute approximate surface area is 60.7 Å². The molecule has 0 atom stereocenters. The van der Waals surface area contributed by atoms with Gasteiger partial charge in [0.1, 0.15) is 0 Å². The Kier molecular flexibility index (Phi) is 2.04. The van der Waals surface area contributed by atoms with Crippen molar-refractivity contribution in [1.82, 2.24) is 5.01 Å². The number of hydrazone groups is 1. The molecular weight excluding hydrogens is 128 g/mol. The van der Waals surface area contributed by atoms with Crippen LogP contribution in [0.2, 0.25) is 0 Å². The zero-order chi connectivity index (χ0) is 7.56. The van der Waals surface area contributed by atoms with Crippen molar-refractivity contribution in [3.63, 3.8) is 0 Å². The second kappa shape index (κ2) is 2.82. The van der Waals surface area contributed by atoms with Gasteiger partial charge in [-0.15, -0.1) is 0 Å². The van der Waals surface area contributed by atoms with E-state index in [1.54, 1.807) is 0 Å². The van der Waals surface area contributed by atoms with Gasteiger partial charge in [-0.2, -0.15) is 5.10 Å². The van der Waals surface area contributed by atoms with Crippen LogP contribution in [0.3, 0.4) is 0 Å². The van der Waals surface area contributed by atoms with E-state index in [9.17, 15) is 4.79 Å². The van der Waals surface area contributed by atoms with Crippen LogP contribution in [0.4, 0.5) is 0 Å². The summed E-state index contributed by atoms with van der Waals surface area (Å²) in [5.41, 5.74) is 1.06. The van der Waals surface area contributed by atoms with E-state index in [4.69, 9.17) is 0 Å². The summed E-state index contributed by atoms with van der Waals surface area (Å²) in [5, 5.41) is 5.61. The molecule has 0 N–H and O–H groups in total. The monoisotopic (exact) mass is 140 g/mol. The lowest BCUT2D eigenvalue weighted by Crippen LogP contribution is -2.30. The first-order valence-corrected chi connectivity index (χ1v) is 3.58. The van der Waals surface area contributed by atoms with Crippen LogP contribution in [-0.2, 0) is 4.79 Å². The third kappa shape index (κ3) is 1.35. The molecule has 0 saturated heterocycles. The molecule has 0 bridgehead atoms. The van der Waals surface area contributed by atoms with Crippen molar-refractivity contribution in [3.8, 4) is 0 Å². The summed E-state index contributed by atoms with van der Waals surface area (Å²) >= 11 is 0. The average molecular weight is 140 g/mol. The molecule has 0 aromatic carbocycles. The lowest BCUT2D eigenvalue weighted by atomic mass is 10.2. The molecule has 0 radical (unpaired) electrons. The Morgan fingerprint density at radius 2 is 2.30 bits per heavy atom. The fourth-order valence-electron chi connectivity index (χ4n) is 0.976. The first kappa shape index (κ1) is 7.25. The van der Waals surface area contributed by atoms with E-state index in [0.29, 0.717) is 13.0 Å². The molecule has 56 valence electrons. The molecule has 1 amide bonds. The number of amides is 1. The standard InChI is InChI=1S/C7H12N2O/c1-3-9-7(10)5-4-6(2)8-9/h3-5H2,1-2H3. The highest BCUT2D eigenvalue weighted by molar-refractivity contribution is 5.90.